The first-order chi connectivity index (χ1) is 7.47. The van der Waals surface area contributed by atoms with E-state index in [0.717, 1.165) is 5.56 Å². The molecule has 1 N–H and O–H groups in total. The Hall–Kier alpha value is -1.35. The minimum atomic E-state index is -0.996. The third kappa shape index (κ3) is 5.51. The van der Waals surface area contributed by atoms with Gasteiger partial charge < -0.3 is 9.84 Å². The normalized spacial score (nSPS) is 11.2. The van der Waals surface area contributed by atoms with E-state index in [4.69, 9.17) is 4.74 Å². The van der Waals surface area contributed by atoms with Crippen LogP contribution >= 0.6 is 0 Å². The molecule has 3 heteroatoms. The molecular formula is C13H18O3. The van der Waals surface area contributed by atoms with Crippen molar-refractivity contribution < 1.29 is 14.6 Å². The van der Waals surface area contributed by atoms with Crippen LogP contribution in [0.4, 0.5) is 0 Å². The van der Waals surface area contributed by atoms with E-state index >= 15 is 0 Å². The minimum absolute atomic E-state index is 0.0296. The van der Waals surface area contributed by atoms with Crippen molar-refractivity contribution in [2.24, 2.45) is 0 Å². The lowest BCUT2D eigenvalue weighted by Crippen LogP contribution is -2.25. The van der Waals surface area contributed by atoms with Crippen molar-refractivity contribution in [2.75, 3.05) is 6.61 Å². The van der Waals surface area contributed by atoms with Gasteiger partial charge in [0, 0.05) is 6.42 Å². The SMILES string of the molecule is CC(C)(O)CC(=O)OCCc1ccccc1. The highest BCUT2D eigenvalue weighted by molar-refractivity contribution is 5.70. The van der Waals surface area contributed by atoms with Gasteiger partial charge in [-0.25, -0.2) is 0 Å². The van der Waals surface area contributed by atoms with Crippen molar-refractivity contribution in [1.82, 2.24) is 0 Å². The van der Waals surface area contributed by atoms with Crippen LogP contribution in [0.15, 0.2) is 30.3 Å². The zero-order valence-electron chi connectivity index (χ0n) is 9.77. The highest BCUT2D eigenvalue weighted by Gasteiger charge is 2.18. The second kappa shape index (κ2) is 5.66. The van der Waals surface area contributed by atoms with Crippen LogP contribution in [0.2, 0.25) is 0 Å². The summed E-state index contributed by atoms with van der Waals surface area (Å²) in [6.07, 6.45) is 0.736. The highest BCUT2D eigenvalue weighted by Crippen LogP contribution is 2.08. The molecule has 0 heterocycles. The summed E-state index contributed by atoms with van der Waals surface area (Å²) < 4.78 is 5.02. The van der Waals surface area contributed by atoms with E-state index in [1.54, 1.807) is 13.8 Å². The molecule has 16 heavy (non-hydrogen) atoms. The maximum Gasteiger partial charge on any atom is 0.308 e. The van der Waals surface area contributed by atoms with E-state index in [1.165, 1.54) is 0 Å². The smallest absolute Gasteiger partial charge is 0.308 e. The summed E-state index contributed by atoms with van der Waals surface area (Å²) >= 11 is 0. The molecule has 0 aliphatic rings. The average Bonchev–Trinajstić information content (AvgIpc) is 2.16. The number of hydrogen-bond donors (Lipinski definition) is 1. The van der Waals surface area contributed by atoms with Gasteiger partial charge in [-0.2, -0.15) is 0 Å². The molecule has 1 aromatic rings. The second-order valence-electron chi connectivity index (χ2n) is 4.45. The lowest BCUT2D eigenvalue weighted by Gasteiger charge is -2.15. The molecule has 0 saturated carbocycles. The van der Waals surface area contributed by atoms with Crippen molar-refractivity contribution in [2.45, 2.75) is 32.3 Å². The minimum Gasteiger partial charge on any atom is -0.465 e. The fourth-order valence-corrected chi connectivity index (χ4v) is 1.33. The highest BCUT2D eigenvalue weighted by atomic mass is 16.5. The molecular weight excluding hydrogens is 204 g/mol. The Balaban J connectivity index is 2.24. The Morgan fingerprint density at radius 1 is 1.31 bits per heavy atom. The van der Waals surface area contributed by atoms with Crippen LogP contribution in [0.1, 0.15) is 25.8 Å². The van der Waals surface area contributed by atoms with Crippen LogP contribution < -0.4 is 0 Å². The first kappa shape index (κ1) is 12.7. The van der Waals surface area contributed by atoms with Gasteiger partial charge in [0.25, 0.3) is 0 Å². The van der Waals surface area contributed by atoms with Crippen molar-refractivity contribution in [1.29, 1.82) is 0 Å². The summed E-state index contributed by atoms with van der Waals surface area (Å²) in [5.74, 6) is -0.358. The number of esters is 1. The average molecular weight is 222 g/mol. The molecule has 0 aromatic heterocycles. The van der Waals surface area contributed by atoms with Gasteiger partial charge in [-0.15, -0.1) is 0 Å². The maximum absolute atomic E-state index is 11.3. The van der Waals surface area contributed by atoms with Crippen LogP contribution in [-0.2, 0) is 16.0 Å². The summed E-state index contributed by atoms with van der Waals surface area (Å²) in [5.41, 5.74) is 0.141. The molecule has 0 fully saturated rings. The Labute approximate surface area is 96.1 Å². The molecule has 1 aromatic carbocycles. The van der Waals surface area contributed by atoms with Gasteiger partial charge in [0.15, 0.2) is 0 Å². The molecule has 0 unspecified atom stereocenters. The predicted molar refractivity (Wildman–Crippen MR) is 62.0 cm³/mol. The molecule has 88 valence electrons. The lowest BCUT2D eigenvalue weighted by molar-refractivity contribution is -0.147. The predicted octanol–water partition coefficient (Wildman–Crippen LogP) is 1.93. The quantitative estimate of drug-likeness (QED) is 0.774. The van der Waals surface area contributed by atoms with Gasteiger partial charge in [0.1, 0.15) is 0 Å². The van der Waals surface area contributed by atoms with Crippen LogP contribution in [0.3, 0.4) is 0 Å². The third-order valence-corrected chi connectivity index (χ3v) is 2.07. The summed E-state index contributed by atoms with van der Waals surface area (Å²) in [4.78, 5) is 11.3. The number of rotatable bonds is 5. The Bertz CT molecular complexity index is 325. The van der Waals surface area contributed by atoms with E-state index in [1.807, 2.05) is 30.3 Å². The molecule has 0 radical (unpaired) electrons. The summed E-state index contributed by atoms with van der Waals surface area (Å²) in [5, 5.41) is 9.40. The monoisotopic (exact) mass is 222 g/mol. The molecule has 0 saturated heterocycles. The van der Waals surface area contributed by atoms with Crippen molar-refractivity contribution in [3.05, 3.63) is 35.9 Å². The Kier molecular flexibility index (Phi) is 4.50. The van der Waals surface area contributed by atoms with Gasteiger partial charge in [0.05, 0.1) is 18.6 Å². The fourth-order valence-electron chi connectivity index (χ4n) is 1.33. The molecule has 3 nitrogen and oxygen atoms in total. The number of ether oxygens (including phenoxy) is 1. The molecule has 0 amide bonds. The third-order valence-electron chi connectivity index (χ3n) is 2.07. The van der Waals surface area contributed by atoms with Gasteiger partial charge >= 0.3 is 5.97 Å². The molecule has 0 aliphatic carbocycles. The van der Waals surface area contributed by atoms with E-state index in [2.05, 4.69) is 0 Å². The van der Waals surface area contributed by atoms with Crippen LogP contribution in [-0.4, -0.2) is 23.3 Å². The molecule has 1 rings (SSSR count). The number of hydrogen-bond acceptors (Lipinski definition) is 3. The Morgan fingerprint density at radius 2 is 1.94 bits per heavy atom. The molecule has 0 aliphatic heterocycles. The molecule has 0 bridgehead atoms. The first-order valence-electron chi connectivity index (χ1n) is 5.39. The summed E-state index contributed by atoms with van der Waals surface area (Å²) in [6, 6.07) is 9.83. The molecule has 0 spiro atoms. The zero-order chi connectivity index (χ0) is 12.0. The number of carbonyl (C=O) groups is 1. The van der Waals surface area contributed by atoms with Crippen molar-refractivity contribution >= 4 is 5.97 Å². The Morgan fingerprint density at radius 3 is 2.50 bits per heavy atom. The van der Waals surface area contributed by atoms with Gasteiger partial charge in [-0.1, -0.05) is 30.3 Å². The lowest BCUT2D eigenvalue weighted by atomic mass is 10.1. The maximum atomic E-state index is 11.3. The van der Waals surface area contributed by atoms with Crippen LogP contribution in [0.5, 0.6) is 0 Å². The number of carbonyl (C=O) groups excluding carboxylic acids is 1. The fraction of sp³-hybridized carbons (Fsp3) is 0.462. The van der Waals surface area contributed by atoms with E-state index in [-0.39, 0.29) is 12.4 Å². The largest absolute Gasteiger partial charge is 0.465 e. The van der Waals surface area contributed by atoms with Crippen molar-refractivity contribution in [3.8, 4) is 0 Å². The van der Waals surface area contributed by atoms with Crippen molar-refractivity contribution in [3.63, 3.8) is 0 Å². The second-order valence-corrected chi connectivity index (χ2v) is 4.45. The summed E-state index contributed by atoms with van der Waals surface area (Å²) in [6.45, 7) is 3.54. The van der Waals surface area contributed by atoms with E-state index < -0.39 is 5.60 Å². The number of benzene rings is 1. The van der Waals surface area contributed by atoms with Crippen LogP contribution in [0, 0.1) is 0 Å². The van der Waals surface area contributed by atoms with Crippen LogP contribution in [0.25, 0.3) is 0 Å². The number of aliphatic hydroxyl groups is 1. The van der Waals surface area contributed by atoms with E-state index in [0.29, 0.717) is 13.0 Å². The topological polar surface area (TPSA) is 46.5 Å². The van der Waals surface area contributed by atoms with E-state index in [9.17, 15) is 9.90 Å². The van der Waals surface area contributed by atoms with Gasteiger partial charge in [0.2, 0.25) is 0 Å². The summed E-state index contributed by atoms with van der Waals surface area (Å²) in [7, 11) is 0. The molecule has 0 atom stereocenters. The standard InChI is InChI=1S/C13H18O3/c1-13(2,15)10-12(14)16-9-8-11-6-4-3-5-7-11/h3-7,15H,8-10H2,1-2H3. The zero-order valence-corrected chi connectivity index (χ0v) is 9.77. The first-order valence-corrected chi connectivity index (χ1v) is 5.39. The van der Waals surface area contributed by atoms with Gasteiger partial charge in [-0.05, 0) is 19.4 Å². The van der Waals surface area contributed by atoms with Gasteiger partial charge in [-0.3, -0.25) is 4.79 Å².